The Hall–Kier alpha value is -2.96. The Kier molecular flexibility index (Phi) is 12.8. The van der Waals surface area contributed by atoms with E-state index in [1.54, 1.807) is 10.9 Å². The van der Waals surface area contributed by atoms with Crippen LogP contribution in [0.4, 0.5) is 19.2 Å². The maximum Gasteiger partial charge on any atom is 0.357 e. The van der Waals surface area contributed by atoms with Crippen LogP contribution in [0.15, 0.2) is 10.2 Å². The summed E-state index contributed by atoms with van der Waals surface area (Å²) in [5, 5.41) is 5.23. The molecule has 0 rings (SSSR count). The molecule has 0 spiro atoms. The van der Waals surface area contributed by atoms with Gasteiger partial charge in [-0.05, 0) is 0 Å². The monoisotopic (exact) mass is 252 g/mol. The van der Waals surface area contributed by atoms with Crippen LogP contribution < -0.4 is 33.8 Å². The summed E-state index contributed by atoms with van der Waals surface area (Å²) in [7, 11) is 0. The van der Waals surface area contributed by atoms with Gasteiger partial charge in [-0.15, -0.1) is 0 Å². The fraction of sp³-hybridized carbons (Fsp3) is 0. The maximum atomic E-state index is 9.74. The number of nitrogens with one attached hydrogen (secondary N) is 2. The molecule has 0 bridgehead atoms. The molecule has 0 aromatic carbocycles. The van der Waals surface area contributed by atoms with Crippen molar-refractivity contribution in [1.82, 2.24) is 10.9 Å². The van der Waals surface area contributed by atoms with Crippen molar-refractivity contribution in [3.63, 3.8) is 0 Å². The lowest BCUT2D eigenvalue weighted by molar-refractivity contribution is 0.233. The number of rotatable bonds is 0. The van der Waals surface area contributed by atoms with Gasteiger partial charge in [-0.1, -0.05) is 10.2 Å². The van der Waals surface area contributed by atoms with Crippen LogP contribution in [0.1, 0.15) is 0 Å². The van der Waals surface area contributed by atoms with Gasteiger partial charge in [0.2, 0.25) is 0 Å². The van der Waals surface area contributed by atoms with E-state index in [0.29, 0.717) is 0 Å². The molecule has 0 atom stereocenters. The van der Waals surface area contributed by atoms with E-state index in [1.807, 2.05) is 0 Å². The van der Waals surface area contributed by atoms with Gasteiger partial charge in [-0.25, -0.2) is 30.0 Å². The first-order valence-corrected chi connectivity index (χ1v) is 3.37. The lowest BCUT2D eigenvalue weighted by Gasteiger charge is -1.97. The predicted octanol–water partition coefficient (Wildman–Crippen LogP) is -2.99. The average Bonchev–Trinajstić information content (AvgIpc) is 2.12. The zero-order valence-electron chi connectivity index (χ0n) is 8.34. The SMILES string of the molecule is NC(=O)N=NC(N)=O.NC(=O)NNC(N)=O.O. The molecule has 0 radical (unpaired) electrons. The molecule has 0 aromatic heterocycles. The summed E-state index contributed by atoms with van der Waals surface area (Å²) in [6.45, 7) is 0. The Balaban J connectivity index is -0.000000218. The Morgan fingerprint density at radius 2 is 0.941 bits per heavy atom. The van der Waals surface area contributed by atoms with Crippen molar-refractivity contribution in [2.45, 2.75) is 0 Å². The van der Waals surface area contributed by atoms with E-state index in [9.17, 15) is 19.2 Å². The summed E-state index contributed by atoms with van der Waals surface area (Å²) >= 11 is 0. The van der Waals surface area contributed by atoms with Crippen LogP contribution in [0.25, 0.3) is 0 Å². The van der Waals surface area contributed by atoms with Gasteiger partial charge in [0.25, 0.3) is 0 Å². The number of hydrogen-bond acceptors (Lipinski definition) is 4. The van der Waals surface area contributed by atoms with Crippen molar-refractivity contribution in [3.05, 3.63) is 0 Å². The number of hydrazine groups is 1. The van der Waals surface area contributed by atoms with Gasteiger partial charge >= 0.3 is 24.1 Å². The Bertz CT molecular complexity index is 283. The molecule has 0 aliphatic heterocycles. The highest BCUT2D eigenvalue weighted by molar-refractivity contribution is 5.78. The second-order valence-electron chi connectivity index (χ2n) is 1.85. The van der Waals surface area contributed by atoms with Crippen LogP contribution in [0.3, 0.4) is 0 Å². The van der Waals surface area contributed by atoms with Gasteiger partial charge < -0.3 is 28.4 Å². The first-order chi connectivity index (χ1) is 7.25. The fourth-order valence-corrected chi connectivity index (χ4v) is 0.222. The van der Waals surface area contributed by atoms with E-state index in [4.69, 9.17) is 0 Å². The van der Waals surface area contributed by atoms with Gasteiger partial charge in [-0.3, -0.25) is 0 Å². The molecule has 0 unspecified atom stereocenters. The highest BCUT2D eigenvalue weighted by atomic mass is 16.2. The van der Waals surface area contributed by atoms with Crippen molar-refractivity contribution >= 4 is 24.1 Å². The smallest absolute Gasteiger partial charge is 0.357 e. The van der Waals surface area contributed by atoms with Crippen LogP contribution >= 0.6 is 0 Å². The van der Waals surface area contributed by atoms with Gasteiger partial charge in [-0.2, -0.15) is 0 Å². The quantitative estimate of drug-likeness (QED) is 0.194. The number of primary amides is 4. The third-order valence-corrected chi connectivity index (χ3v) is 0.556. The Morgan fingerprint density at radius 3 is 1.06 bits per heavy atom. The van der Waals surface area contributed by atoms with Crippen LogP contribution in [0, 0.1) is 0 Å². The molecule has 0 fully saturated rings. The van der Waals surface area contributed by atoms with Crippen molar-refractivity contribution in [3.8, 4) is 0 Å². The minimum atomic E-state index is -1.04. The van der Waals surface area contributed by atoms with E-state index in [2.05, 4.69) is 33.2 Å². The van der Waals surface area contributed by atoms with Crippen molar-refractivity contribution in [2.75, 3.05) is 0 Å². The number of amides is 8. The van der Waals surface area contributed by atoms with Crippen LogP contribution in [-0.2, 0) is 0 Å². The number of carbonyl (C=O) groups excluding carboxylic acids is 4. The zero-order valence-corrected chi connectivity index (χ0v) is 8.34. The van der Waals surface area contributed by atoms with Crippen LogP contribution in [-0.4, -0.2) is 29.6 Å². The molecular formula is C4H12N8O5. The lowest BCUT2D eigenvalue weighted by Crippen LogP contribution is -2.46. The summed E-state index contributed by atoms with van der Waals surface area (Å²) in [6, 6.07) is -3.79. The molecular weight excluding hydrogens is 240 g/mol. The average molecular weight is 252 g/mol. The lowest BCUT2D eigenvalue weighted by atomic mass is 11.1. The number of urea groups is 4. The van der Waals surface area contributed by atoms with E-state index in [0.717, 1.165) is 0 Å². The summed E-state index contributed by atoms with van der Waals surface area (Å²) < 4.78 is 0. The molecule has 0 aliphatic rings. The van der Waals surface area contributed by atoms with Crippen molar-refractivity contribution < 1.29 is 24.7 Å². The van der Waals surface area contributed by atoms with E-state index >= 15 is 0 Å². The normalized spacial score (nSPS) is 8.00. The third kappa shape index (κ3) is 32.1. The van der Waals surface area contributed by atoms with E-state index in [-0.39, 0.29) is 5.48 Å². The molecule has 0 aromatic rings. The molecule has 13 nitrogen and oxygen atoms in total. The zero-order chi connectivity index (χ0) is 13.1. The molecule has 0 aliphatic carbocycles. The predicted molar refractivity (Wildman–Crippen MR) is 53.1 cm³/mol. The van der Waals surface area contributed by atoms with Gasteiger partial charge in [0.15, 0.2) is 0 Å². The summed E-state index contributed by atoms with van der Waals surface area (Å²) in [4.78, 5) is 38.8. The van der Waals surface area contributed by atoms with Gasteiger partial charge in [0, 0.05) is 0 Å². The molecule has 13 heteroatoms. The molecule has 98 valence electrons. The minimum Gasteiger partial charge on any atom is -0.412 e. The first kappa shape index (κ1) is 19.6. The van der Waals surface area contributed by atoms with Gasteiger partial charge in [0.1, 0.15) is 0 Å². The summed E-state index contributed by atoms with van der Waals surface area (Å²) in [6.07, 6.45) is 0. The minimum absolute atomic E-state index is 0. The molecule has 17 heavy (non-hydrogen) atoms. The van der Waals surface area contributed by atoms with Gasteiger partial charge in [0.05, 0.1) is 0 Å². The molecule has 0 saturated heterocycles. The molecule has 0 saturated carbocycles. The maximum absolute atomic E-state index is 9.74. The molecule has 8 amide bonds. The highest BCUT2D eigenvalue weighted by Crippen LogP contribution is 1.72. The topological polar surface area (TPSA) is 253 Å². The second kappa shape index (κ2) is 11.1. The van der Waals surface area contributed by atoms with Crippen LogP contribution in [0.2, 0.25) is 0 Å². The molecule has 12 N–H and O–H groups in total. The molecule has 0 heterocycles. The third-order valence-electron chi connectivity index (χ3n) is 0.556. The number of nitrogens with zero attached hydrogens (tertiary/aromatic N) is 2. The summed E-state index contributed by atoms with van der Waals surface area (Å²) in [5.74, 6) is 0. The van der Waals surface area contributed by atoms with Crippen molar-refractivity contribution in [1.29, 1.82) is 0 Å². The highest BCUT2D eigenvalue weighted by Gasteiger charge is 1.89. The van der Waals surface area contributed by atoms with Crippen molar-refractivity contribution in [2.24, 2.45) is 33.2 Å². The number of nitrogens with two attached hydrogens (primary N) is 4. The standard InChI is InChI=1S/C2H6N4O2.C2H4N4O2.H2O/c2*3-1(7)5-6-2(4)8;/h(H3,3,5,7)(H3,4,6,8);(H2,3,7)(H2,4,8);1H2. The van der Waals surface area contributed by atoms with E-state index in [1.165, 1.54) is 0 Å². The second-order valence-corrected chi connectivity index (χ2v) is 1.85. The Morgan fingerprint density at radius 1 is 0.706 bits per heavy atom. The number of hydrogen-bond donors (Lipinski definition) is 6. The van der Waals surface area contributed by atoms with E-state index < -0.39 is 24.1 Å². The fourth-order valence-electron chi connectivity index (χ4n) is 0.222. The first-order valence-electron chi connectivity index (χ1n) is 3.37. The number of azo groups is 1. The summed E-state index contributed by atoms with van der Waals surface area (Å²) in [5.41, 5.74) is 21.4. The number of carbonyl (C=O) groups is 4. The van der Waals surface area contributed by atoms with Crippen LogP contribution in [0.5, 0.6) is 0 Å². The largest absolute Gasteiger partial charge is 0.412 e. The Labute approximate surface area is 93.8 Å².